The fraction of sp³-hybridized carbons (Fsp3) is 0. The Balaban J connectivity index is 2.61. The Morgan fingerprint density at radius 1 is 0.619 bits per heavy atom. The third kappa shape index (κ3) is 1.67. The maximum Gasteiger partial charge on any atom is 0.0999 e. The van der Waals surface area contributed by atoms with Crippen LogP contribution < -0.4 is 0 Å². The number of nitriles is 4. The molecule has 3 rings (SSSR count). The van der Waals surface area contributed by atoms with E-state index in [4.69, 9.17) is 10.5 Å². The molecule has 3 aromatic rings. The van der Waals surface area contributed by atoms with E-state index < -0.39 is 0 Å². The lowest BCUT2D eigenvalue weighted by molar-refractivity contribution is 1.45. The second-order valence-electron chi connectivity index (χ2n) is 4.46. The number of benzene rings is 2. The molecule has 0 unspecified atom stereocenters. The van der Waals surface area contributed by atoms with E-state index in [1.54, 1.807) is 12.1 Å². The van der Waals surface area contributed by atoms with Gasteiger partial charge in [0.2, 0.25) is 0 Å². The van der Waals surface area contributed by atoms with Gasteiger partial charge in [0, 0.05) is 21.8 Å². The molecule has 0 aliphatic rings. The zero-order chi connectivity index (χ0) is 15.0. The van der Waals surface area contributed by atoms with Gasteiger partial charge in [0.1, 0.15) is 0 Å². The molecule has 0 saturated carbocycles. The van der Waals surface area contributed by atoms with Gasteiger partial charge >= 0.3 is 0 Å². The van der Waals surface area contributed by atoms with Gasteiger partial charge in [-0.25, -0.2) is 0 Å². The fourth-order valence-corrected chi connectivity index (χ4v) is 2.47. The van der Waals surface area contributed by atoms with Gasteiger partial charge in [-0.1, -0.05) is 0 Å². The molecule has 0 radical (unpaired) electrons. The number of rotatable bonds is 0. The summed E-state index contributed by atoms with van der Waals surface area (Å²) in [6, 6.07) is 14.4. The number of fused-ring (bicyclic) bond motifs is 3. The van der Waals surface area contributed by atoms with E-state index in [1.165, 1.54) is 12.1 Å². The third-order valence-electron chi connectivity index (χ3n) is 3.30. The molecule has 0 spiro atoms. The van der Waals surface area contributed by atoms with E-state index in [2.05, 4.69) is 17.1 Å². The summed E-state index contributed by atoms with van der Waals surface area (Å²) in [5, 5.41) is 37.8. The zero-order valence-electron chi connectivity index (χ0n) is 10.6. The van der Waals surface area contributed by atoms with Crippen molar-refractivity contribution in [2.45, 2.75) is 0 Å². The number of nitrogens with one attached hydrogen (secondary N) is 1. The topological polar surface area (TPSA) is 111 Å². The molecule has 0 saturated heterocycles. The molecule has 0 amide bonds. The van der Waals surface area contributed by atoms with Crippen LogP contribution >= 0.6 is 0 Å². The first kappa shape index (κ1) is 12.2. The lowest BCUT2D eigenvalue weighted by Crippen LogP contribution is -1.84. The van der Waals surface area contributed by atoms with Gasteiger partial charge < -0.3 is 4.98 Å². The quantitative estimate of drug-likeness (QED) is 0.674. The third-order valence-corrected chi connectivity index (χ3v) is 3.30. The minimum Gasteiger partial charge on any atom is -0.354 e. The number of hydrogen-bond donors (Lipinski definition) is 1. The summed E-state index contributed by atoms with van der Waals surface area (Å²) < 4.78 is 0. The Bertz CT molecular complexity index is 989. The van der Waals surface area contributed by atoms with Crippen LogP contribution in [0.5, 0.6) is 0 Å². The first-order chi connectivity index (χ1) is 10.2. The second kappa shape index (κ2) is 4.39. The molecule has 0 aliphatic heterocycles. The van der Waals surface area contributed by atoms with Crippen molar-refractivity contribution in [1.29, 1.82) is 21.0 Å². The van der Waals surface area contributed by atoms with Crippen molar-refractivity contribution in [3.8, 4) is 24.3 Å². The summed E-state index contributed by atoms with van der Waals surface area (Å²) in [5.74, 6) is 0. The van der Waals surface area contributed by atoms with E-state index in [1.807, 2.05) is 12.1 Å². The van der Waals surface area contributed by atoms with Crippen LogP contribution in [0.4, 0.5) is 0 Å². The smallest absolute Gasteiger partial charge is 0.0999 e. The number of nitrogens with zero attached hydrogens (tertiary/aromatic N) is 4. The minimum atomic E-state index is 0.330. The lowest BCUT2D eigenvalue weighted by atomic mass is 10.00. The molecule has 5 nitrogen and oxygen atoms in total. The summed E-state index contributed by atoms with van der Waals surface area (Å²) in [6.07, 6.45) is 0. The highest BCUT2D eigenvalue weighted by Gasteiger charge is 2.15. The first-order valence-electron chi connectivity index (χ1n) is 5.95. The molecule has 5 heteroatoms. The minimum absolute atomic E-state index is 0.330. The largest absolute Gasteiger partial charge is 0.354 e. The van der Waals surface area contributed by atoms with Crippen molar-refractivity contribution in [3.05, 3.63) is 46.5 Å². The summed E-state index contributed by atoms with van der Waals surface area (Å²) >= 11 is 0. The predicted molar refractivity (Wildman–Crippen MR) is 74.7 cm³/mol. The maximum atomic E-state index is 9.29. The monoisotopic (exact) mass is 267 g/mol. The average Bonchev–Trinajstić information content (AvgIpc) is 2.90. The Morgan fingerprint density at radius 2 is 1.05 bits per heavy atom. The van der Waals surface area contributed by atoms with E-state index in [0.29, 0.717) is 44.1 Å². The van der Waals surface area contributed by atoms with Crippen LogP contribution in [0.3, 0.4) is 0 Å². The fourth-order valence-electron chi connectivity index (χ4n) is 2.47. The van der Waals surface area contributed by atoms with Gasteiger partial charge in [-0.2, -0.15) is 21.0 Å². The molecule has 0 fully saturated rings. The highest BCUT2D eigenvalue weighted by atomic mass is 14.7. The van der Waals surface area contributed by atoms with Crippen molar-refractivity contribution in [2.24, 2.45) is 0 Å². The summed E-state index contributed by atoms with van der Waals surface area (Å²) in [6.45, 7) is 0. The molecular weight excluding hydrogens is 262 g/mol. The van der Waals surface area contributed by atoms with E-state index in [0.717, 1.165) is 0 Å². The summed E-state index contributed by atoms with van der Waals surface area (Å²) in [5.41, 5.74) is 2.60. The molecule has 1 heterocycles. The Morgan fingerprint density at radius 3 is 1.38 bits per heavy atom. The SMILES string of the molecule is N#Cc1cc(C#N)c2c(c1)[nH]c1cc(C#N)cc(C#N)c12. The molecule has 1 aromatic heterocycles. The van der Waals surface area contributed by atoms with Crippen LogP contribution in [-0.2, 0) is 0 Å². The second-order valence-corrected chi connectivity index (χ2v) is 4.46. The molecule has 1 N–H and O–H groups in total. The van der Waals surface area contributed by atoms with Gasteiger partial charge in [0.05, 0.1) is 46.5 Å². The highest BCUT2D eigenvalue weighted by molar-refractivity contribution is 6.13. The van der Waals surface area contributed by atoms with Crippen molar-refractivity contribution in [1.82, 2.24) is 4.98 Å². The Kier molecular flexibility index (Phi) is 2.56. The van der Waals surface area contributed by atoms with Gasteiger partial charge in [-0.3, -0.25) is 0 Å². The Hall–Kier alpha value is -3.80. The van der Waals surface area contributed by atoms with E-state index in [9.17, 15) is 10.5 Å². The van der Waals surface area contributed by atoms with Crippen LogP contribution in [0, 0.1) is 45.3 Å². The lowest BCUT2D eigenvalue weighted by Gasteiger charge is -1.98. The van der Waals surface area contributed by atoms with Crippen LogP contribution in [0.25, 0.3) is 21.8 Å². The normalized spacial score (nSPS) is 9.71. The predicted octanol–water partition coefficient (Wildman–Crippen LogP) is 2.81. The Labute approximate surface area is 119 Å². The summed E-state index contributed by atoms with van der Waals surface area (Å²) in [4.78, 5) is 3.07. The van der Waals surface area contributed by atoms with Crippen LogP contribution in [0.2, 0.25) is 0 Å². The molecule has 0 aliphatic carbocycles. The van der Waals surface area contributed by atoms with Crippen LogP contribution in [0.1, 0.15) is 22.3 Å². The van der Waals surface area contributed by atoms with Crippen molar-refractivity contribution in [2.75, 3.05) is 0 Å². The van der Waals surface area contributed by atoms with Crippen LogP contribution in [0.15, 0.2) is 24.3 Å². The van der Waals surface area contributed by atoms with Crippen molar-refractivity contribution >= 4 is 21.8 Å². The van der Waals surface area contributed by atoms with Gasteiger partial charge in [0.15, 0.2) is 0 Å². The van der Waals surface area contributed by atoms with E-state index in [-0.39, 0.29) is 0 Å². The van der Waals surface area contributed by atoms with Gasteiger partial charge in [-0.05, 0) is 24.3 Å². The summed E-state index contributed by atoms with van der Waals surface area (Å²) in [7, 11) is 0. The van der Waals surface area contributed by atoms with Crippen molar-refractivity contribution < 1.29 is 0 Å². The number of aromatic amines is 1. The number of hydrogen-bond acceptors (Lipinski definition) is 4. The van der Waals surface area contributed by atoms with Crippen LogP contribution in [-0.4, -0.2) is 4.98 Å². The maximum absolute atomic E-state index is 9.29. The molecule has 0 bridgehead atoms. The molecule has 0 atom stereocenters. The first-order valence-corrected chi connectivity index (χ1v) is 5.95. The number of H-pyrrole nitrogens is 1. The molecule has 94 valence electrons. The van der Waals surface area contributed by atoms with Gasteiger partial charge in [-0.15, -0.1) is 0 Å². The van der Waals surface area contributed by atoms with Gasteiger partial charge in [0.25, 0.3) is 0 Å². The number of aromatic nitrogens is 1. The highest BCUT2D eigenvalue weighted by Crippen LogP contribution is 2.32. The standard InChI is InChI=1S/C16H5N5/c17-5-9-1-11(7-19)15-13(3-9)21-14-4-10(6-18)2-12(8-20)16(14)15/h1-4,21H. The molecule has 2 aromatic carbocycles. The average molecular weight is 267 g/mol. The zero-order valence-corrected chi connectivity index (χ0v) is 10.6. The van der Waals surface area contributed by atoms with Crippen molar-refractivity contribution in [3.63, 3.8) is 0 Å². The van der Waals surface area contributed by atoms with E-state index >= 15 is 0 Å². The molecular formula is C16H5N5. The molecule has 21 heavy (non-hydrogen) atoms.